The predicted octanol–water partition coefficient (Wildman–Crippen LogP) is 3.97. The first-order chi connectivity index (χ1) is 12.1. The Kier molecular flexibility index (Phi) is 7.18. The minimum atomic E-state index is -0.0850. The smallest absolute Gasteiger partial charge is 0.251 e. The zero-order valence-electron chi connectivity index (χ0n) is 15.6. The molecule has 1 aromatic carbocycles. The molecule has 0 heterocycles. The van der Waals surface area contributed by atoms with E-state index in [1.807, 2.05) is 0 Å². The van der Waals surface area contributed by atoms with Crippen molar-refractivity contribution in [3.05, 3.63) is 23.3 Å². The summed E-state index contributed by atoms with van der Waals surface area (Å²) in [7, 11) is 3.20. The number of methoxy groups -OCH3 is 2. The summed E-state index contributed by atoms with van der Waals surface area (Å²) in [5.41, 5.74) is 1.46. The minimum Gasteiger partial charge on any atom is -0.496 e. The summed E-state index contributed by atoms with van der Waals surface area (Å²) >= 11 is 0. The van der Waals surface area contributed by atoms with Gasteiger partial charge in [-0.3, -0.25) is 4.79 Å². The number of nitrogens with one attached hydrogen (secondary N) is 1. The van der Waals surface area contributed by atoms with E-state index in [-0.39, 0.29) is 11.9 Å². The minimum absolute atomic E-state index is 0.0850. The maximum Gasteiger partial charge on any atom is 0.251 e. The van der Waals surface area contributed by atoms with Crippen molar-refractivity contribution in [2.24, 2.45) is 5.92 Å². The zero-order valence-corrected chi connectivity index (χ0v) is 15.6. The average molecular weight is 343 g/mol. The van der Waals surface area contributed by atoms with Gasteiger partial charge in [-0.2, -0.15) is 0 Å². The van der Waals surface area contributed by atoms with Crippen LogP contribution in [0.15, 0.2) is 12.1 Å². The third-order valence-electron chi connectivity index (χ3n) is 5.11. The number of hydrogen-bond acceptors (Lipinski definition) is 3. The van der Waals surface area contributed by atoms with Gasteiger partial charge >= 0.3 is 0 Å². The lowest BCUT2D eigenvalue weighted by Crippen LogP contribution is -2.38. The molecule has 0 saturated heterocycles. The first kappa shape index (κ1) is 19.2. The summed E-state index contributed by atoms with van der Waals surface area (Å²) in [6.45, 7) is 2.10. The molecule has 1 saturated carbocycles. The molecule has 2 rings (SSSR count). The van der Waals surface area contributed by atoms with Crippen molar-refractivity contribution in [2.45, 2.75) is 57.9 Å². The second-order valence-corrected chi connectivity index (χ2v) is 6.72. The second-order valence-electron chi connectivity index (χ2n) is 6.72. The van der Waals surface area contributed by atoms with Gasteiger partial charge in [0.2, 0.25) is 0 Å². The lowest BCUT2D eigenvalue weighted by molar-refractivity contribution is 0.0918. The molecule has 1 aliphatic carbocycles. The molecule has 0 aliphatic heterocycles. The maximum atomic E-state index is 12.7. The molecule has 1 aliphatic rings. The fourth-order valence-corrected chi connectivity index (χ4v) is 3.60. The van der Waals surface area contributed by atoms with Gasteiger partial charge in [0.1, 0.15) is 11.5 Å². The number of carbonyl (C=O) groups is 1. The Labute approximate surface area is 151 Å². The van der Waals surface area contributed by atoms with Gasteiger partial charge in [-0.1, -0.05) is 19.3 Å². The number of amides is 1. The van der Waals surface area contributed by atoms with Crippen molar-refractivity contribution in [3.8, 4) is 23.8 Å². The van der Waals surface area contributed by atoms with Crippen molar-refractivity contribution < 1.29 is 14.3 Å². The van der Waals surface area contributed by atoms with E-state index >= 15 is 0 Å². The average Bonchev–Trinajstić information content (AvgIpc) is 2.66. The van der Waals surface area contributed by atoms with E-state index in [9.17, 15) is 4.79 Å². The first-order valence-electron chi connectivity index (χ1n) is 9.10. The number of benzene rings is 1. The van der Waals surface area contributed by atoms with Gasteiger partial charge in [-0.05, 0) is 44.2 Å². The van der Waals surface area contributed by atoms with E-state index in [1.165, 1.54) is 32.1 Å². The molecule has 1 aromatic rings. The highest BCUT2D eigenvalue weighted by molar-refractivity contribution is 5.95. The molecule has 0 unspecified atom stereocenters. The van der Waals surface area contributed by atoms with Crippen LogP contribution in [0.5, 0.6) is 11.5 Å². The molecule has 4 nitrogen and oxygen atoms in total. The molecule has 1 fully saturated rings. The molecule has 0 aromatic heterocycles. The highest BCUT2D eigenvalue weighted by Gasteiger charge is 2.23. The first-order valence-corrected chi connectivity index (χ1v) is 9.10. The van der Waals surface area contributed by atoms with E-state index in [0.717, 1.165) is 5.56 Å². The largest absolute Gasteiger partial charge is 0.496 e. The van der Waals surface area contributed by atoms with Crippen LogP contribution in [0.1, 0.15) is 61.4 Å². The molecule has 25 heavy (non-hydrogen) atoms. The van der Waals surface area contributed by atoms with Crippen LogP contribution in [0.2, 0.25) is 0 Å². The van der Waals surface area contributed by atoms with Crippen LogP contribution in [0.4, 0.5) is 0 Å². The van der Waals surface area contributed by atoms with Gasteiger partial charge in [-0.15, -0.1) is 12.3 Å². The van der Waals surface area contributed by atoms with Crippen LogP contribution < -0.4 is 14.8 Å². The van der Waals surface area contributed by atoms with Crippen LogP contribution in [-0.4, -0.2) is 26.2 Å². The predicted molar refractivity (Wildman–Crippen MR) is 100 cm³/mol. The Bertz CT molecular complexity index is 602. The van der Waals surface area contributed by atoms with Gasteiger partial charge in [0, 0.05) is 23.6 Å². The fraction of sp³-hybridized carbons (Fsp3) is 0.571. The van der Waals surface area contributed by atoms with Crippen LogP contribution >= 0.6 is 0 Å². The normalized spacial score (nSPS) is 15.9. The number of ether oxygens (including phenoxy) is 2. The van der Waals surface area contributed by atoms with Crippen LogP contribution in [0, 0.1) is 18.3 Å². The Morgan fingerprint density at radius 1 is 1.24 bits per heavy atom. The Balaban J connectivity index is 2.17. The zero-order chi connectivity index (χ0) is 18.2. The third-order valence-corrected chi connectivity index (χ3v) is 5.11. The van der Waals surface area contributed by atoms with Gasteiger partial charge < -0.3 is 14.8 Å². The summed E-state index contributed by atoms with van der Waals surface area (Å²) in [5.74, 6) is 4.40. The van der Waals surface area contributed by atoms with E-state index in [4.69, 9.17) is 15.9 Å². The SMILES string of the molecule is C#CCCc1c(OC)cc(C(=O)N[C@@H](C)C2CCCCC2)cc1OC. The monoisotopic (exact) mass is 343 g/mol. The molecule has 1 atom stereocenters. The topological polar surface area (TPSA) is 47.6 Å². The van der Waals surface area contributed by atoms with E-state index in [0.29, 0.717) is 35.8 Å². The Hall–Kier alpha value is -2.15. The molecule has 0 spiro atoms. The molecule has 4 heteroatoms. The molecule has 1 N–H and O–H groups in total. The van der Waals surface area contributed by atoms with Gasteiger partial charge in [0.25, 0.3) is 5.91 Å². The van der Waals surface area contributed by atoms with Crippen LogP contribution in [0.25, 0.3) is 0 Å². The summed E-state index contributed by atoms with van der Waals surface area (Å²) in [6.07, 6.45) is 12.8. The third kappa shape index (κ3) is 4.92. The molecule has 0 bridgehead atoms. The highest BCUT2D eigenvalue weighted by atomic mass is 16.5. The summed E-state index contributed by atoms with van der Waals surface area (Å²) in [6, 6.07) is 3.72. The fourth-order valence-electron chi connectivity index (χ4n) is 3.60. The number of rotatable bonds is 7. The Morgan fingerprint density at radius 2 is 1.84 bits per heavy atom. The number of terminal acetylenes is 1. The highest BCUT2D eigenvalue weighted by Crippen LogP contribution is 2.32. The lowest BCUT2D eigenvalue weighted by Gasteiger charge is -2.28. The summed E-state index contributed by atoms with van der Waals surface area (Å²) in [4.78, 5) is 12.7. The van der Waals surface area contributed by atoms with Crippen molar-refractivity contribution in [3.63, 3.8) is 0 Å². The van der Waals surface area contributed by atoms with Crippen LogP contribution in [-0.2, 0) is 6.42 Å². The number of hydrogen-bond donors (Lipinski definition) is 1. The van der Waals surface area contributed by atoms with E-state index < -0.39 is 0 Å². The van der Waals surface area contributed by atoms with Gasteiger partial charge in [0.15, 0.2) is 0 Å². The van der Waals surface area contributed by atoms with Crippen molar-refractivity contribution in [2.75, 3.05) is 14.2 Å². The second kappa shape index (κ2) is 9.36. The molecular weight excluding hydrogens is 314 g/mol. The van der Waals surface area contributed by atoms with Gasteiger partial charge in [0.05, 0.1) is 14.2 Å². The number of carbonyl (C=O) groups excluding carboxylic acids is 1. The summed E-state index contributed by atoms with van der Waals surface area (Å²) in [5, 5.41) is 3.15. The van der Waals surface area contributed by atoms with Crippen molar-refractivity contribution in [1.82, 2.24) is 5.32 Å². The molecule has 136 valence electrons. The standard InChI is InChI=1S/C21H29NO3/c1-5-6-12-18-19(24-3)13-17(14-20(18)25-4)21(23)22-15(2)16-10-8-7-9-11-16/h1,13-16H,6-12H2,2-4H3,(H,22,23)/t15-/m0/s1. The van der Waals surface area contributed by atoms with E-state index in [1.54, 1.807) is 26.4 Å². The lowest BCUT2D eigenvalue weighted by atomic mass is 9.84. The molecular formula is C21H29NO3. The van der Waals surface area contributed by atoms with Crippen molar-refractivity contribution in [1.29, 1.82) is 0 Å². The molecule has 0 radical (unpaired) electrons. The van der Waals surface area contributed by atoms with Gasteiger partial charge in [-0.25, -0.2) is 0 Å². The maximum absolute atomic E-state index is 12.7. The van der Waals surface area contributed by atoms with Crippen molar-refractivity contribution >= 4 is 5.91 Å². The Morgan fingerprint density at radius 3 is 2.36 bits per heavy atom. The van der Waals surface area contributed by atoms with E-state index in [2.05, 4.69) is 18.2 Å². The summed E-state index contributed by atoms with van der Waals surface area (Å²) < 4.78 is 10.9. The quantitative estimate of drug-likeness (QED) is 0.762. The molecule has 1 amide bonds. The van der Waals surface area contributed by atoms with Crippen LogP contribution in [0.3, 0.4) is 0 Å².